The summed E-state index contributed by atoms with van der Waals surface area (Å²) in [5, 5.41) is 9.50. The molecule has 5 nitrogen and oxygen atoms in total. The standard InChI is InChI=1S/C15H15BrN2O3/c1-9-17-13(8-14(18-9)21-2)12(15(19)20)7-10-4-3-5-11(16)6-10/h3-6,8,12H,7H2,1-2H3,(H,19,20). The lowest BCUT2D eigenvalue weighted by atomic mass is 9.96. The molecule has 21 heavy (non-hydrogen) atoms. The number of aromatic nitrogens is 2. The fourth-order valence-electron chi connectivity index (χ4n) is 2.06. The predicted molar refractivity (Wildman–Crippen MR) is 81.5 cm³/mol. The molecule has 0 saturated heterocycles. The van der Waals surface area contributed by atoms with Crippen molar-refractivity contribution in [2.24, 2.45) is 0 Å². The summed E-state index contributed by atoms with van der Waals surface area (Å²) in [5.74, 6) is -0.798. The highest BCUT2D eigenvalue weighted by molar-refractivity contribution is 9.10. The van der Waals surface area contributed by atoms with Gasteiger partial charge >= 0.3 is 5.97 Å². The van der Waals surface area contributed by atoms with Gasteiger partial charge in [0.1, 0.15) is 11.7 Å². The van der Waals surface area contributed by atoms with Crippen LogP contribution in [0.1, 0.15) is 23.0 Å². The molecule has 110 valence electrons. The number of nitrogens with zero attached hydrogens (tertiary/aromatic N) is 2. The van der Waals surface area contributed by atoms with E-state index in [1.807, 2.05) is 24.3 Å². The second-order valence-corrected chi connectivity index (χ2v) is 5.52. The Bertz CT molecular complexity index is 661. The zero-order valence-electron chi connectivity index (χ0n) is 11.7. The summed E-state index contributed by atoms with van der Waals surface area (Å²) >= 11 is 3.39. The number of ether oxygens (including phenoxy) is 1. The Morgan fingerprint density at radius 3 is 2.76 bits per heavy atom. The molecule has 6 heteroatoms. The molecule has 0 bridgehead atoms. The summed E-state index contributed by atoms with van der Waals surface area (Å²) in [6.45, 7) is 1.71. The number of hydrogen-bond donors (Lipinski definition) is 1. The predicted octanol–water partition coefficient (Wildman–Crippen LogP) is 2.97. The first-order chi connectivity index (χ1) is 9.99. The van der Waals surface area contributed by atoms with E-state index in [2.05, 4.69) is 25.9 Å². The Kier molecular flexibility index (Phi) is 4.90. The van der Waals surface area contributed by atoms with Crippen molar-refractivity contribution in [3.8, 4) is 5.88 Å². The molecule has 0 aliphatic carbocycles. The molecule has 1 unspecified atom stereocenters. The first-order valence-corrected chi connectivity index (χ1v) is 7.15. The van der Waals surface area contributed by atoms with Gasteiger partial charge in [0.25, 0.3) is 0 Å². The van der Waals surface area contributed by atoms with Gasteiger partial charge in [0, 0.05) is 10.5 Å². The van der Waals surface area contributed by atoms with E-state index < -0.39 is 11.9 Å². The van der Waals surface area contributed by atoms with E-state index in [-0.39, 0.29) is 0 Å². The number of hydrogen-bond acceptors (Lipinski definition) is 4. The summed E-state index contributed by atoms with van der Waals surface area (Å²) in [6.07, 6.45) is 0.356. The van der Waals surface area contributed by atoms with Gasteiger partial charge in [-0.3, -0.25) is 4.79 Å². The Hall–Kier alpha value is -1.95. The number of rotatable bonds is 5. The topological polar surface area (TPSA) is 72.3 Å². The van der Waals surface area contributed by atoms with Crippen LogP contribution in [-0.2, 0) is 11.2 Å². The van der Waals surface area contributed by atoms with Crippen LogP contribution in [0, 0.1) is 6.92 Å². The average Bonchev–Trinajstić information content (AvgIpc) is 2.43. The van der Waals surface area contributed by atoms with E-state index in [0.29, 0.717) is 23.8 Å². The van der Waals surface area contributed by atoms with Gasteiger partial charge in [0.05, 0.1) is 12.8 Å². The van der Waals surface area contributed by atoms with Gasteiger partial charge in [-0.1, -0.05) is 28.1 Å². The number of carboxylic acids is 1. The number of carboxylic acid groups (broad SMARTS) is 1. The molecule has 0 saturated carbocycles. The minimum absolute atomic E-state index is 0.356. The van der Waals surface area contributed by atoms with Crippen LogP contribution in [-0.4, -0.2) is 28.2 Å². The number of carbonyl (C=O) groups is 1. The number of benzene rings is 1. The Labute approximate surface area is 131 Å². The average molecular weight is 351 g/mol. The van der Waals surface area contributed by atoms with Gasteiger partial charge < -0.3 is 9.84 Å². The molecule has 0 fully saturated rings. The number of aliphatic carboxylic acids is 1. The molecule has 0 aliphatic heterocycles. The van der Waals surface area contributed by atoms with Gasteiger partial charge in [-0.25, -0.2) is 4.98 Å². The summed E-state index contributed by atoms with van der Waals surface area (Å²) in [4.78, 5) is 19.9. The first kappa shape index (κ1) is 15.4. The van der Waals surface area contributed by atoms with Gasteiger partial charge in [-0.15, -0.1) is 0 Å². The summed E-state index contributed by atoms with van der Waals surface area (Å²) in [5.41, 5.74) is 1.37. The van der Waals surface area contributed by atoms with Gasteiger partial charge in [-0.2, -0.15) is 4.98 Å². The third-order valence-corrected chi connectivity index (χ3v) is 3.52. The molecular formula is C15H15BrN2O3. The highest BCUT2D eigenvalue weighted by Gasteiger charge is 2.23. The van der Waals surface area contributed by atoms with Gasteiger partial charge in [0.2, 0.25) is 5.88 Å². The van der Waals surface area contributed by atoms with E-state index >= 15 is 0 Å². The van der Waals surface area contributed by atoms with Crippen LogP contribution in [0.2, 0.25) is 0 Å². The van der Waals surface area contributed by atoms with Crippen molar-refractivity contribution in [3.63, 3.8) is 0 Å². The minimum atomic E-state index is -0.921. The van der Waals surface area contributed by atoms with Crippen molar-refractivity contribution in [1.82, 2.24) is 9.97 Å². The van der Waals surface area contributed by atoms with Crippen molar-refractivity contribution in [2.45, 2.75) is 19.3 Å². The normalized spacial score (nSPS) is 12.0. The molecule has 0 spiro atoms. The fourth-order valence-corrected chi connectivity index (χ4v) is 2.51. The number of methoxy groups -OCH3 is 1. The number of halogens is 1. The zero-order chi connectivity index (χ0) is 15.4. The minimum Gasteiger partial charge on any atom is -0.481 e. The molecule has 2 rings (SSSR count). The van der Waals surface area contributed by atoms with Crippen LogP contribution in [0.3, 0.4) is 0 Å². The van der Waals surface area contributed by atoms with Crippen LogP contribution in [0.4, 0.5) is 0 Å². The molecule has 1 aromatic heterocycles. The second-order valence-electron chi connectivity index (χ2n) is 4.61. The van der Waals surface area contributed by atoms with Crippen molar-refractivity contribution >= 4 is 21.9 Å². The fraction of sp³-hybridized carbons (Fsp3) is 0.267. The second kappa shape index (κ2) is 6.67. The van der Waals surface area contributed by atoms with Crippen molar-refractivity contribution in [3.05, 3.63) is 51.9 Å². The molecule has 2 aromatic rings. The van der Waals surface area contributed by atoms with Crippen LogP contribution >= 0.6 is 15.9 Å². The molecule has 0 amide bonds. The maximum atomic E-state index is 11.6. The summed E-state index contributed by atoms with van der Waals surface area (Å²) in [7, 11) is 1.50. The maximum Gasteiger partial charge on any atom is 0.312 e. The van der Waals surface area contributed by atoms with Crippen molar-refractivity contribution in [2.75, 3.05) is 7.11 Å². The first-order valence-electron chi connectivity index (χ1n) is 6.36. The Balaban J connectivity index is 2.35. The maximum absolute atomic E-state index is 11.6. The van der Waals surface area contributed by atoms with Crippen LogP contribution in [0.25, 0.3) is 0 Å². The molecule has 1 aromatic carbocycles. The molecule has 1 N–H and O–H groups in total. The lowest BCUT2D eigenvalue weighted by molar-refractivity contribution is -0.138. The summed E-state index contributed by atoms with van der Waals surface area (Å²) in [6, 6.07) is 9.15. The monoisotopic (exact) mass is 350 g/mol. The third-order valence-electron chi connectivity index (χ3n) is 3.03. The van der Waals surface area contributed by atoms with Gasteiger partial charge in [0.15, 0.2) is 0 Å². The summed E-state index contributed by atoms with van der Waals surface area (Å²) < 4.78 is 6.00. The van der Waals surface area contributed by atoms with Crippen molar-refractivity contribution < 1.29 is 14.6 Å². The van der Waals surface area contributed by atoms with E-state index in [0.717, 1.165) is 10.0 Å². The molecule has 1 heterocycles. The zero-order valence-corrected chi connectivity index (χ0v) is 13.3. The molecule has 0 radical (unpaired) electrons. The smallest absolute Gasteiger partial charge is 0.312 e. The van der Waals surface area contributed by atoms with E-state index in [9.17, 15) is 9.90 Å². The van der Waals surface area contributed by atoms with Crippen LogP contribution < -0.4 is 4.74 Å². The SMILES string of the molecule is COc1cc(C(Cc2cccc(Br)c2)C(=O)O)nc(C)n1. The van der Waals surface area contributed by atoms with Gasteiger partial charge in [-0.05, 0) is 31.0 Å². The molecule has 0 aliphatic rings. The molecule has 1 atom stereocenters. The highest BCUT2D eigenvalue weighted by atomic mass is 79.9. The van der Waals surface area contributed by atoms with E-state index in [4.69, 9.17) is 4.74 Å². The van der Waals surface area contributed by atoms with E-state index in [1.165, 1.54) is 7.11 Å². The highest BCUT2D eigenvalue weighted by Crippen LogP contribution is 2.24. The quantitative estimate of drug-likeness (QED) is 0.897. The lowest BCUT2D eigenvalue weighted by Crippen LogP contribution is -2.17. The largest absolute Gasteiger partial charge is 0.481 e. The third kappa shape index (κ3) is 4.01. The van der Waals surface area contributed by atoms with E-state index in [1.54, 1.807) is 13.0 Å². The van der Waals surface area contributed by atoms with Crippen LogP contribution in [0.15, 0.2) is 34.8 Å². The Morgan fingerprint density at radius 2 is 2.14 bits per heavy atom. The molecular weight excluding hydrogens is 336 g/mol. The number of aryl methyl sites for hydroxylation is 1. The van der Waals surface area contributed by atoms with Crippen LogP contribution in [0.5, 0.6) is 5.88 Å². The Morgan fingerprint density at radius 1 is 1.38 bits per heavy atom. The van der Waals surface area contributed by atoms with Crippen molar-refractivity contribution in [1.29, 1.82) is 0 Å². The lowest BCUT2D eigenvalue weighted by Gasteiger charge is -2.13.